The highest BCUT2D eigenvalue weighted by Gasteiger charge is 2.23. The number of amides is 2. The Bertz CT molecular complexity index is 739. The molecule has 0 aliphatic carbocycles. The van der Waals surface area contributed by atoms with Crippen molar-refractivity contribution in [1.82, 2.24) is 15.2 Å². The number of carbonyl (C=O) groups excluding carboxylic acids is 2. The molecule has 142 valence electrons. The van der Waals surface area contributed by atoms with E-state index in [4.69, 9.17) is 4.74 Å². The minimum absolute atomic E-state index is 0.0752. The number of rotatable bonds is 7. The third-order valence-electron chi connectivity index (χ3n) is 4.28. The van der Waals surface area contributed by atoms with Gasteiger partial charge in [0.15, 0.2) is 0 Å². The molecule has 1 atom stereocenters. The number of anilines is 1. The molecule has 1 aliphatic heterocycles. The normalized spacial score (nSPS) is 17.3. The van der Waals surface area contributed by atoms with E-state index in [0.29, 0.717) is 18.8 Å². The van der Waals surface area contributed by atoms with Crippen LogP contribution in [0.4, 0.5) is 5.69 Å². The second-order valence-electron chi connectivity index (χ2n) is 6.48. The van der Waals surface area contributed by atoms with E-state index in [2.05, 4.69) is 32.7 Å². The highest BCUT2D eigenvalue weighted by molar-refractivity contribution is 5.94. The van der Waals surface area contributed by atoms with Gasteiger partial charge in [-0.05, 0) is 17.7 Å². The molecule has 7 heteroatoms. The lowest BCUT2D eigenvalue weighted by atomic mass is 10.1. The Morgan fingerprint density at radius 1 is 1.15 bits per heavy atom. The fourth-order valence-corrected chi connectivity index (χ4v) is 2.99. The first-order valence-corrected chi connectivity index (χ1v) is 9.03. The van der Waals surface area contributed by atoms with Crippen LogP contribution in [0.25, 0.3) is 0 Å². The van der Waals surface area contributed by atoms with Crippen molar-refractivity contribution in [3.63, 3.8) is 0 Å². The monoisotopic (exact) mass is 368 g/mol. The average molecular weight is 368 g/mol. The van der Waals surface area contributed by atoms with Crippen LogP contribution < -0.4 is 10.6 Å². The lowest BCUT2D eigenvalue weighted by Gasteiger charge is -2.32. The molecule has 0 spiro atoms. The SMILES string of the molecule is O=C(CC1CN(Cc2ccccc2)CCO1)NCC(=O)Nc1cccnc1. The number of benzene rings is 1. The summed E-state index contributed by atoms with van der Waals surface area (Å²) < 4.78 is 5.71. The summed E-state index contributed by atoms with van der Waals surface area (Å²) in [5, 5.41) is 5.32. The Morgan fingerprint density at radius 2 is 2.00 bits per heavy atom. The van der Waals surface area contributed by atoms with E-state index in [1.54, 1.807) is 24.5 Å². The predicted octanol–water partition coefficient (Wildman–Crippen LogP) is 1.43. The molecule has 0 saturated carbocycles. The summed E-state index contributed by atoms with van der Waals surface area (Å²) in [5.41, 5.74) is 1.85. The molecular formula is C20H24N4O3. The third kappa shape index (κ3) is 6.47. The van der Waals surface area contributed by atoms with Crippen LogP contribution in [0.3, 0.4) is 0 Å². The van der Waals surface area contributed by atoms with Crippen molar-refractivity contribution in [1.29, 1.82) is 0 Å². The van der Waals surface area contributed by atoms with Gasteiger partial charge in [-0.2, -0.15) is 0 Å². The third-order valence-corrected chi connectivity index (χ3v) is 4.28. The van der Waals surface area contributed by atoms with Crippen molar-refractivity contribution in [3.8, 4) is 0 Å². The lowest BCUT2D eigenvalue weighted by molar-refractivity contribution is -0.128. The Hall–Kier alpha value is -2.77. The number of morpholine rings is 1. The van der Waals surface area contributed by atoms with Crippen LogP contribution in [0, 0.1) is 0 Å². The van der Waals surface area contributed by atoms with Crippen LogP contribution in [0.2, 0.25) is 0 Å². The summed E-state index contributed by atoms with van der Waals surface area (Å²) in [6.07, 6.45) is 3.26. The molecular weight excluding hydrogens is 344 g/mol. The van der Waals surface area contributed by atoms with Gasteiger partial charge in [0.1, 0.15) is 0 Å². The van der Waals surface area contributed by atoms with Gasteiger partial charge in [-0.25, -0.2) is 0 Å². The Balaban J connectivity index is 1.39. The van der Waals surface area contributed by atoms with E-state index < -0.39 is 0 Å². The van der Waals surface area contributed by atoms with E-state index in [1.165, 1.54) is 5.56 Å². The molecule has 2 N–H and O–H groups in total. The summed E-state index contributed by atoms with van der Waals surface area (Å²) in [4.78, 5) is 30.2. The van der Waals surface area contributed by atoms with Crippen molar-refractivity contribution in [2.75, 3.05) is 31.6 Å². The van der Waals surface area contributed by atoms with Crippen LogP contribution in [0.1, 0.15) is 12.0 Å². The molecule has 27 heavy (non-hydrogen) atoms. The topological polar surface area (TPSA) is 83.6 Å². The maximum Gasteiger partial charge on any atom is 0.243 e. The highest BCUT2D eigenvalue weighted by Crippen LogP contribution is 2.12. The second-order valence-corrected chi connectivity index (χ2v) is 6.48. The van der Waals surface area contributed by atoms with E-state index in [1.807, 2.05) is 18.2 Å². The van der Waals surface area contributed by atoms with Crippen molar-refractivity contribution < 1.29 is 14.3 Å². The predicted molar refractivity (Wildman–Crippen MR) is 102 cm³/mol. The van der Waals surface area contributed by atoms with E-state index in [9.17, 15) is 9.59 Å². The van der Waals surface area contributed by atoms with Crippen LogP contribution >= 0.6 is 0 Å². The molecule has 1 aliphatic rings. The van der Waals surface area contributed by atoms with Gasteiger partial charge in [0.25, 0.3) is 0 Å². The first-order chi connectivity index (χ1) is 13.2. The quantitative estimate of drug-likeness (QED) is 0.772. The maximum absolute atomic E-state index is 12.1. The molecule has 1 unspecified atom stereocenters. The van der Waals surface area contributed by atoms with Crippen LogP contribution in [-0.2, 0) is 20.9 Å². The van der Waals surface area contributed by atoms with Gasteiger partial charge in [0.2, 0.25) is 11.8 Å². The summed E-state index contributed by atoms with van der Waals surface area (Å²) in [7, 11) is 0. The standard InChI is InChI=1S/C20H24N4O3/c25-19(22-13-20(26)23-17-7-4-8-21-12-17)11-18-15-24(9-10-27-18)14-16-5-2-1-3-6-16/h1-8,12,18H,9-11,13-15H2,(H,22,25)(H,23,26). The Morgan fingerprint density at radius 3 is 2.78 bits per heavy atom. The molecule has 2 heterocycles. The van der Waals surface area contributed by atoms with E-state index in [-0.39, 0.29) is 30.9 Å². The summed E-state index contributed by atoms with van der Waals surface area (Å²) >= 11 is 0. The van der Waals surface area contributed by atoms with Crippen molar-refractivity contribution in [3.05, 3.63) is 60.4 Å². The van der Waals surface area contributed by atoms with Crippen LogP contribution in [0.5, 0.6) is 0 Å². The van der Waals surface area contributed by atoms with Gasteiger partial charge >= 0.3 is 0 Å². The zero-order valence-corrected chi connectivity index (χ0v) is 15.1. The van der Waals surface area contributed by atoms with Gasteiger partial charge in [-0.15, -0.1) is 0 Å². The number of carbonyl (C=O) groups is 2. The highest BCUT2D eigenvalue weighted by atomic mass is 16.5. The van der Waals surface area contributed by atoms with Crippen molar-refractivity contribution >= 4 is 17.5 Å². The molecule has 0 radical (unpaired) electrons. The van der Waals surface area contributed by atoms with E-state index >= 15 is 0 Å². The molecule has 1 aromatic heterocycles. The molecule has 2 aromatic rings. The van der Waals surface area contributed by atoms with Gasteiger partial charge in [0.05, 0.1) is 37.6 Å². The number of nitrogens with one attached hydrogen (secondary N) is 2. The molecule has 2 amide bonds. The number of hydrogen-bond donors (Lipinski definition) is 2. The Labute approximate surface area is 158 Å². The summed E-state index contributed by atoms with van der Waals surface area (Å²) in [6.45, 7) is 2.92. The molecule has 3 rings (SSSR count). The smallest absolute Gasteiger partial charge is 0.243 e. The van der Waals surface area contributed by atoms with Crippen LogP contribution in [-0.4, -0.2) is 54.0 Å². The molecule has 1 fully saturated rings. The van der Waals surface area contributed by atoms with Crippen molar-refractivity contribution in [2.24, 2.45) is 0 Å². The number of nitrogens with zero attached hydrogens (tertiary/aromatic N) is 2. The largest absolute Gasteiger partial charge is 0.375 e. The van der Waals surface area contributed by atoms with Gasteiger partial charge in [-0.3, -0.25) is 19.5 Å². The number of aromatic nitrogens is 1. The number of pyridine rings is 1. The minimum Gasteiger partial charge on any atom is -0.375 e. The minimum atomic E-state index is -0.286. The molecule has 1 aromatic carbocycles. The number of ether oxygens (including phenoxy) is 1. The summed E-state index contributed by atoms with van der Waals surface area (Å²) in [5.74, 6) is -0.477. The fraction of sp³-hybridized carbons (Fsp3) is 0.350. The lowest BCUT2D eigenvalue weighted by Crippen LogP contribution is -2.44. The Kier molecular flexibility index (Phi) is 6.90. The fourth-order valence-electron chi connectivity index (χ4n) is 2.99. The van der Waals surface area contributed by atoms with Crippen molar-refractivity contribution in [2.45, 2.75) is 19.1 Å². The first kappa shape index (κ1) is 19.0. The van der Waals surface area contributed by atoms with E-state index in [0.717, 1.165) is 13.1 Å². The summed E-state index contributed by atoms with van der Waals surface area (Å²) in [6, 6.07) is 13.7. The number of hydrogen-bond acceptors (Lipinski definition) is 5. The molecule has 7 nitrogen and oxygen atoms in total. The maximum atomic E-state index is 12.1. The van der Waals surface area contributed by atoms with Gasteiger partial charge < -0.3 is 15.4 Å². The van der Waals surface area contributed by atoms with Crippen LogP contribution in [0.15, 0.2) is 54.9 Å². The second kappa shape index (κ2) is 9.80. The zero-order chi connectivity index (χ0) is 18.9. The first-order valence-electron chi connectivity index (χ1n) is 9.03. The van der Waals surface area contributed by atoms with Gasteiger partial charge in [0, 0.05) is 25.8 Å². The van der Waals surface area contributed by atoms with Gasteiger partial charge in [-0.1, -0.05) is 30.3 Å². The molecule has 1 saturated heterocycles. The zero-order valence-electron chi connectivity index (χ0n) is 15.1. The molecule has 0 bridgehead atoms. The average Bonchev–Trinajstić information content (AvgIpc) is 2.68.